The summed E-state index contributed by atoms with van der Waals surface area (Å²) in [6.07, 6.45) is 2.65. The van der Waals surface area contributed by atoms with Crippen LogP contribution < -0.4 is 10.1 Å². The highest BCUT2D eigenvalue weighted by Gasteiger charge is 2.02. The molecule has 0 aromatic heterocycles. The summed E-state index contributed by atoms with van der Waals surface area (Å²) in [4.78, 5) is 11.4. The Bertz CT molecular complexity index is 399. The van der Waals surface area contributed by atoms with Crippen molar-refractivity contribution in [3.8, 4) is 5.75 Å². The van der Waals surface area contributed by atoms with Gasteiger partial charge in [0.15, 0.2) is 0 Å². The van der Waals surface area contributed by atoms with E-state index in [0.717, 1.165) is 17.0 Å². The minimum absolute atomic E-state index is 0.227. The summed E-state index contributed by atoms with van der Waals surface area (Å²) >= 11 is 0. The molecule has 0 heterocycles. The van der Waals surface area contributed by atoms with Gasteiger partial charge in [0.25, 0.3) is 5.91 Å². The summed E-state index contributed by atoms with van der Waals surface area (Å²) in [5.74, 6) is 0.540. The molecule has 0 spiro atoms. The number of anilines is 1. The molecular weight excluding hydrogens is 206 g/mol. The highest BCUT2D eigenvalue weighted by Crippen LogP contribution is 2.20. The second kappa shape index (κ2) is 5.80. The summed E-state index contributed by atoms with van der Waals surface area (Å²) in [6.45, 7) is 1.90. The van der Waals surface area contributed by atoms with Gasteiger partial charge in [-0.3, -0.25) is 4.79 Å². The molecule has 0 fully saturated rings. The van der Waals surface area contributed by atoms with E-state index in [1.807, 2.05) is 13.0 Å². The summed E-state index contributed by atoms with van der Waals surface area (Å²) in [7, 11) is 3.09. The van der Waals surface area contributed by atoms with E-state index < -0.39 is 0 Å². The maximum Gasteiger partial charge on any atom is 0.251 e. The normalized spacial score (nSPS) is 10.2. The van der Waals surface area contributed by atoms with Gasteiger partial charge in [0.1, 0.15) is 5.75 Å². The van der Waals surface area contributed by atoms with Crippen molar-refractivity contribution in [1.82, 2.24) is 0 Å². The zero-order valence-corrected chi connectivity index (χ0v) is 9.61. The van der Waals surface area contributed by atoms with Crippen LogP contribution in [0.4, 0.5) is 5.69 Å². The molecule has 4 heteroatoms. The lowest BCUT2D eigenvalue weighted by Gasteiger charge is -2.08. The number of hydrogen-bond donors (Lipinski definition) is 1. The first-order valence-electron chi connectivity index (χ1n) is 4.82. The van der Waals surface area contributed by atoms with Gasteiger partial charge in [0.2, 0.25) is 0 Å². The fourth-order valence-corrected chi connectivity index (χ4v) is 1.21. The number of aryl methyl sites for hydroxylation is 1. The van der Waals surface area contributed by atoms with Gasteiger partial charge < -0.3 is 14.8 Å². The largest absolute Gasteiger partial charge is 0.504 e. The van der Waals surface area contributed by atoms with Crippen molar-refractivity contribution in [2.24, 2.45) is 0 Å². The fourth-order valence-electron chi connectivity index (χ4n) is 1.21. The lowest BCUT2D eigenvalue weighted by molar-refractivity contribution is -0.112. The number of benzene rings is 1. The van der Waals surface area contributed by atoms with Gasteiger partial charge in [-0.15, -0.1) is 0 Å². The van der Waals surface area contributed by atoms with Crippen LogP contribution >= 0.6 is 0 Å². The summed E-state index contributed by atoms with van der Waals surface area (Å²) < 4.78 is 9.73. The van der Waals surface area contributed by atoms with Crippen molar-refractivity contribution >= 4 is 11.6 Å². The van der Waals surface area contributed by atoms with Gasteiger partial charge >= 0.3 is 0 Å². The van der Waals surface area contributed by atoms with Gasteiger partial charge in [0, 0.05) is 11.8 Å². The molecule has 0 bridgehead atoms. The number of rotatable bonds is 4. The molecule has 1 aromatic rings. The van der Waals surface area contributed by atoms with Crippen molar-refractivity contribution in [3.05, 3.63) is 36.1 Å². The molecule has 1 amide bonds. The number of ether oxygens (including phenoxy) is 2. The summed E-state index contributed by atoms with van der Waals surface area (Å²) in [6, 6.07) is 5.45. The predicted molar refractivity (Wildman–Crippen MR) is 62.5 cm³/mol. The van der Waals surface area contributed by atoms with Crippen molar-refractivity contribution in [2.45, 2.75) is 6.92 Å². The first-order valence-corrected chi connectivity index (χ1v) is 4.82. The average Bonchev–Trinajstić information content (AvgIpc) is 2.29. The molecule has 4 nitrogen and oxygen atoms in total. The topological polar surface area (TPSA) is 47.6 Å². The minimum atomic E-state index is -0.227. The molecule has 1 rings (SSSR count). The third kappa shape index (κ3) is 3.31. The van der Waals surface area contributed by atoms with Crippen LogP contribution in [-0.2, 0) is 9.53 Å². The highest BCUT2D eigenvalue weighted by atomic mass is 16.5. The van der Waals surface area contributed by atoms with E-state index in [-0.39, 0.29) is 5.91 Å². The van der Waals surface area contributed by atoms with E-state index in [1.54, 1.807) is 19.2 Å². The number of amides is 1. The summed E-state index contributed by atoms with van der Waals surface area (Å²) in [5, 5.41) is 2.74. The van der Waals surface area contributed by atoms with Crippen LogP contribution in [0.5, 0.6) is 5.75 Å². The van der Waals surface area contributed by atoms with E-state index in [1.165, 1.54) is 19.4 Å². The Morgan fingerprint density at radius 1 is 1.38 bits per heavy atom. The van der Waals surface area contributed by atoms with E-state index in [2.05, 4.69) is 10.1 Å². The number of carbonyl (C=O) groups excluding carboxylic acids is 1. The van der Waals surface area contributed by atoms with Crippen molar-refractivity contribution < 1.29 is 14.3 Å². The summed E-state index contributed by atoms with van der Waals surface area (Å²) in [5.41, 5.74) is 1.70. The Hall–Kier alpha value is -1.97. The molecule has 0 unspecified atom stereocenters. The molecule has 0 aliphatic rings. The SMILES string of the molecule is CO/C=C/C(=O)Nc1ccc(OC)cc1C. The standard InChI is InChI=1S/C12H15NO3/c1-9-8-10(16-3)4-5-11(9)13-12(14)6-7-15-2/h4-8H,1-3H3,(H,13,14)/b7-6+. The Labute approximate surface area is 94.9 Å². The lowest BCUT2D eigenvalue weighted by atomic mass is 10.2. The third-order valence-electron chi connectivity index (χ3n) is 2.05. The third-order valence-corrected chi connectivity index (χ3v) is 2.05. The molecule has 1 N–H and O–H groups in total. The Balaban J connectivity index is 2.74. The van der Waals surface area contributed by atoms with Gasteiger partial charge in [-0.25, -0.2) is 0 Å². The van der Waals surface area contributed by atoms with Crippen LogP contribution in [-0.4, -0.2) is 20.1 Å². The van der Waals surface area contributed by atoms with Crippen molar-refractivity contribution in [2.75, 3.05) is 19.5 Å². The fraction of sp³-hybridized carbons (Fsp3) is 0.250. The Morgan fingerprint density at radius 3 is 2.69 bits per heavy atom. The van der Waals surface area contributed by atoms with Crippen molar-refractivity contribution in [3.63, 3.8) is 0 Å². The first kappa shape index (κ1) is 12.1. The monoisotopic (exact) mass is 221 g/mol. The van der Waals surface area contributed by atoms with Crippen LogP contribution in [0.15, 0.2) is 30.5 Å². The molecular formula is C12H15NO3. The molecule has 1 aromatic carbocycles. The maximum absolute atomic E-state index is 11.4. The van der Waals surface area contributed by atoms with Gasteiger partial charge in [0.05, 0.1) is 20.5 Å². The van der Waals surface area contributed by atoms with Crippen molar-refractivity contribution in [1.29, 1.82) is 0 Å². The maximum atomic E-state index is 11.4. The van der Waals surface area contributed by atoms with Gasteiger partial charge in [-0.1, -0.05) is 0 Å². The van der Waals surface area contributed by atoms with Crippen LogP contribution in [0, 0.1) is 6.92 Å². The molecule has 0 aliphatic heterocycles. The van der Waals surface area contributed by atoms with Crippen LogP contribution in [0.3, 0.4) is 0 Å². The number of hydrogen-bond acceptors (Lipinski definition) is 3. The second-order valence-electron chi connectivity index (χ2n) is 3.21. The van der Waals surface area contributed by atoms with E-state index in [4.69, 9.17) is 4.74 Å². The van der Waals surface area contributed by atoms with Crippen LogP contribution in [0.1, 0.15) is 5.56 Å². The molecule has 16 heavy (non-hydrogen) atoms. The molecule has 86 valence electrons. The molecule has 0 saturated carbocycles. The molecule has 0 atom stereocenters. The average molecular weight is 221 g/mol. The Morgan fingerprint density at radius 2 is 2.12 bits per heavy atom. The molecule has 0 radical (unpaired) electrons. The lowest BCUT2D eigenvalue weighted by Crippen LogP contribution is -2.09. The van der Waals surface area contributed by atoms with Crippen LogP contribution in [0.25, 0.3) is 0 Å². The first-order chi connectivity index (χ1) is 7.67. The zero-order chi connectivity index (χ0) is 12.0. The van der Waals surface area contributed by atoms with Crippen LogP contribution in [0.2, 0.25) is 0 Å². The molecule has 0 aliphatic carbocycles. The van der Waals surface area contributed by atoms with Gasteiger partial charge in [-0.05, 0) is 30.7 Å². The van der Waals surface area contributed by atoms with E-state index in [9.17, 15) is 4.79 Å². The van der Waals surface area contributed by atoms with Gasteiger partial charge in [-0.2, -0.15) is 0 Å². The molecule has 0 saturated heterocycles. The smallest absolute Gasteiger partial charge is 0.251 e. The van der Waals surface area contributed by atoms with E-state index in [0.29, 0.717) is 0 Å². The quantitative estimate of drug-likeness (QED) is 0.625. The number of carbonyl (C=O) groups is 1. The minimum Gasteiger partial charge on any atom is -0.504 e. The highest BCUT2D eigenvalue weighted by molar-refractivity contribution is 5.99. The zero-order valence-electron chi connectivity index (χ0n) is 9.61. The Kier molecular flexibility index (Phi) is 4.39. The second-order valence-corrected chi connectivity index (χ2v) is 3.21. The predicted octanol–water partition coefficient (Wildman–Crippen LogP) is 2.10. The number of methoxy groups -OCH3 is 2. The number of nitrogens with one attached hydrogen (secondary N) is 1. The van der Waals surface area contributed by atoms with E-state index >= 15 is 0 Å².